The van der Waals surface area contributed by atoms with E-state index in [0.29, 0.717) is 17.9 Å². The molecule has 1 aliphatic heterocycles. The van der Waals surface area contributed by atoms with Crippen LogP contribution in [0.3, 0.4) is 0 Å². The Hall–Kier alpha value is -1.71. The molecule has 17 heavy (non-hydrogen) atoms. The number of ether oxygens (including phenoxy) is 2. The molecular formula is C13H17NO3. The molecule has 0 radical (unpaired) electrons. The van der Waals surface area contributed by atoms with Gasteiger partial charge in [0.05, 0.1) is 19.8 Å². The molecule has 2 rings (SSSR count). The summed E-state index contributed by atoms with van der Waals surface area (Å²) in [6.45, 7) is 2.76. The zero-order chi connectivity index (χ0) is 12.4. The topological polar surface area (TPSA) is 47.6 Å². The molecule has 0 saturated carbocycles. The molecule has 0 aliphatic carbocycles. The van der Waals surface area contributed by atoms with Crippen molar-refractivity contribution in [3.05, 3.63) is 23.3 Å². The molecule has 1 heterocycles. The van der Waals surface area contributed by atoms with Crippen LogP contribution >= 0.6 is 0 Å². The summed E-state index contributed by atoms with van der Waals surface area (Å²) in [5, 5.41) is 2.89. The maximum absolute atomic E-state index is 11.9. The first kappa shape index (κ1) is 11.8. The summed E-state index contributed by atoms with van der Waals surface area (Å²) >= 11 is 0. The van der Waals surface area contributed by atoms with Crippen LogP contribution in [0.15, 0.2) is 12.1 Å². The average molecular weight is 235 g/mol. The minimum atomic E-state index is -0.0829. The van der Waals surface area contributed by atoms with Crippen LogP contribution in [0.1, 0.15) is 35.2 Å². The lowest BCUT2D eigenvalue weighted by Crippen LogP contribution is -2.35. The molecule has 0 aromatic heterocycles. The van der Waals surface area contributed by atoms with Crippen molar-refractivity contribution < 1.29 is 14.3 Å². The average Bonchev–Trinajstić information content (AvgIpc) is 2.38. The van der Waals surface area contributed by atoms with Crippen molar-refractivity contribution in [2.75, 3.05) is 20.8 Å². The van der Waals surface area contributed by atoms with E-state index >= 15 is 0 Å². The molecule has 1 aromatic rings. The SMILES string of the molecule is CCC1CNC(=O)c2c(OC)ccc(OC)c21. The Kier molecular flexibility index (Phi) is 3.22. The minimum Gasteiger partial charge on any atom is -0.496 e. The van der Waals surface area contributed by atoms with Crippen molar-refractivity contribution >= 4 is 5.91 Å². The van der Waals surface area contributed by atoms with Crippen molar-refractivity contribution in [3.63, 3.8) is 0 Å². The van der Waals surface area contributed by atoms with Gasteiger partial charge < -0.3 is 14.8 Å². The van der Waals surface area contributed by atoms with Crippen LogP contribution in [0.4, 0.5) is 0 Å². The number of carbonyl (C=O) groups is 1. The summed E-state index contributed by atoms with van der Waals surface area (Å²) in [4.78, 5) is 11.9. The normalized spacial score (nSPS) is 18.3. The van der Waals surface area contributed by atoms with Crippen LogP contribution < -0.4 is 14.8 Å². The molecule has 92 valence electrons. The smallest absolute Gasteiger partial charge is 0.255 e. The van der Waals surface area contributed by atoms with Crippen molar-refractivity contribution in [2.24, 2.45) is 0 Å². The summed E-state index contributed by atoms with van der Waals surface area (Å²) in [6.07, 6.45) is 0.955. The molecule has 1 unspecified atom stereocenters. The lowest BCUT2D eigenvalue weighted by molar-refractivity contribution is 0.0935. The van der Waals surface area contributed by atoms with Crippen LogP contribution in [-0.4, -0.2) is 26.7 Å². The van der Waals surface area contributed by atoms with E-state index in [4.69, 9.17) is 9.47 Å². The maximum atomic E-state index is 11.9. The lowest BCUT2D eigenvalue weighted by Gasteiger charge is -2.27. The van der Waals surface area contributed by atoms with Crippen LogP contribution in [-0.2, 0) is 0 Å². The zero-order valence-electron chi connectivity index (χ0n) is 10.4. The molecule has 0 fully saturated rings. The maximum Gasteiger partial charge on any atom is 0.255 e. The molecule has 0 bridgehead atoms. The fraction of sp³-hybridized carbons (Fsp3) is 0.462. The summed E-state index contributed by atoms with van der Waals surface area (Å²) in [6, 6.07) is 3.63. The van der Waals surface area contributed by atoms with E-state index in [-0.39, 0.29) is 11.8 Å². The Morgan fingerprint density at radius 2 is 1.94 bits per heavy atom. The number of fused-ring (bicyclic) bond motifs is 1. The van der Waals surface area contributed by atoms with Crippen molar-refractivity contribution in [1.82, 2.24) is 5.32 Å². The number of benzene rings is 1. The first-order chi connectivity index (χ1) is 8.22. The van der Waals surface area contributed by atoms with Crippen LogP contribution in [0.25, 0.3) is 0 Å². The monoisotopic (exact) mass is 235 g/mol. The van der Waals surface area contributed by atoms with Gasteiger partial charge in [-0.15, -0.1) is 0 Å². The number of nitrogens with one attached hydrogen (secondary N) is 1. The zero-order valence-corrected chi connectivity index (χ0v) is 10.4. The van der Waals surface area contributed by atoms with Gasteiger partial charge in [0.1, 0.15) is 11.5 Å². The highest BCUT2D eigenvalue weighted by Gasteiger charge is 2.30. The Morgan fingerprint density at radius 3 is 2.53 bits per heavy atom. The summed E-state index contributed by atoms with van der Waals surface area (Å²) < 4.78 is 10.6. The van der Waals surface area contributed by atoms with Gasteiger partial charge in [0.15, 0.2) is 0 Å². The highest BCUT2D eigenvalue weighted by Crippen LogP contribution is 2.39. The third-order valence-corrected chi connectivity index (χ3v) is 3.24. The van der Waals surface area contributed by atoms with E-state index in [1.54, 1.807) is 20.3 Å². The molecule has 1 amide bonds. The van der Waals surface area contributed by atoms with Gasteiger partial charge in [0.2, 0.25) is 0 Å². The number of methoxy groups -OCH3 is 2. The molecule has 0 saturated heterocycles. The van der Waals surface area contributed by atoms with Gasteiger partial charge in [0.25, 0.3) is 5.91 Å². The van der Waals surface area contributed by atoms with E-state index in [2.05, 4.69) is 12.2 Å². The highest BCUT2D eigenvalue weighted by molar-refractivity contribution is 6.00. The molecule has 1 N–H and O–H groups in total. The van der Waals surface area contributed by atoms with E-state index in [1.807, 2.05) is 6.07 Å². The van der Waals surface area contributed by atoms with Gasteiger partial charge in [-0.05, 0) is 18.6 Å². The van der Waals surface area contributed by atoms with Crippen LogP contribution in [0.5, 0.6) is 11.5 Å². The van der Waals surface area contributed by atoms with Crippen molar-refractivity contribution in [1.29, 1.82) is 0 Å². The Labute approximate surface area is 101 Å². The predicted molar refractivity (Wildman–Crippen MR) is 64.9 cm³/mol. The number of rotatable bonds is 3. The van der Waals surface area contributed by atoms with E-state index in [9.17, 15) is 4.79 Å². The lowest BCUT2D eigenvalue weighted by atomic mass is 9.87. The molecular weight excluding hydrogens is 218 g/mol. The predicted octanol–water partition coefficient (Wildman–Crippen LogP) is 1.94. The van der Waals surface area contributed by atoms with Gasteiger partial charge in [-0.3, -0.25) is 4.79 Å². The van der Waals surface area contributed by atoms with E-state index < -0.39 is 0 Å². The molecule has 4 heteroatoms. The standard InChI is InChI=1S/C13H17NO3/c1-4-8-7-14-13(15)12-10(17-3)6-5-9(16-2)11(8)12/h5-6,8H,4,7H2,1-3H3,(H,14,15). The highest BCUT2D eigenvalue weighted by atomic mass is 16.5. The first-order valence-electron chi connectivity index (χ1n) is 5.76. The summed E-state index contributed by atoms with van der Waals surface area (Å²) in [5.74, 6) is 1.58. The fourth-order valence-corrected chi connectivity index (χ4v) is 2.32. The minimum absolute atomic E-state index is 0.0829. The summed E-state index contributed by atoms with van der Waals surface area (Å²) in [7, 11) is 3.20. The molecule has 1 aromatic carbocycles. The third kappa shape index (κ3) is 1.84. The van der Waals surface area contributed by atoms with Gasteiger partial charge >= 0.3 is 0 Å². The fourth-order valence-electron chi connectivity index (χ4n) is 2.32. The van der Waals surface area contributed by atoms with Crippen molar-refractivity contribution in [2.45, 2.75) is 19.3 Å². The van der Waals surface area contributed by atoms with Gasteiger partial charge in [-0.1, -0.05) is 6.92 Å². The Bertz CT molecular complexity index is 443. The number of amides is 1. The van der Waals surface area contributed by atoms with E-state index in [0.717, 1.165) is 17.7 Å². The second-order valence-electron chi connectivity index (χ2n) is 4.07. The van der Waals surface area contributed by atoms with E-state index in [1.165, 1.54) is 0 Å². The summed E-state index contributed by atoms with van der Waals surface area (Å²) in [5.41, 5.74) is 1.59. The van der Waals surface area contributed by atoms with Crippen LogP contribution in [0.2, 0.25) is 0 Å². The third-order valence-electron chi connectivity index (χ3n) is 3.24. The first-order valence-corrected chi connectivity index (χ1v) is 5.76. The molecule has 4 nitrogen and oxygen atoms in total. The van der Waals surface area contributed by atoms with Gasteiger partial charge in [0, 0.05) is 18.0 Å². The van der Waals surface area contributed by atoms with Gasteiger partial charge in [-0.25, -0.2) is 0 Å². The second kappa shape index (κ2) is 4.65. The molecule has 0 spiro atoms. The largest absolute Gasteiger partial charge is 0.496 e. The number of hydrogen-bond acceptors (Lipinski definition) is 3. The number of carbonyl (C=O) groups excluding carboxylic acids is 1. The quantitative estimate of drug-likeness (QED) is 0.871. The Balaban J connectivity index is 2.65. The molecule has 1 aliphatic rings. The van der Waals surface area contributed by atoms with Crippen molar-refractivity contribution in [3.8, 4) is 11.5 Å². The molecule has 1 atom stereocenters. The second-order valence-corrected chi connectivity index (χ2v) is 4.07. The Morgan fingerprint density at radius 1 is 1.29 bits per heavy atom. The van der Waals surface area contributed by atoms with Crippen LogP contribution in [0, 0.1) is 0 Å². The number of hydrogen-bond donors (Lipinski definition) is 1. The van der Waals surface area contributed by atoms with Gasteiger partial charge in [-0.2, -0.15) is 0 Å².